The number of carbonyl (C=O) groups is 2. The number of likely N-dealkylation sites (tertiary alicyclic amines) is 1. The molecule has 2 amide bonds. The highest BCUT2D eigenvalue weighted by atomic mass is 16.5. The van der Waals surface area contributed by atoms with Crippen LogP contribution in [0.4, 0.5) is 0 Å². The number of phenols is 1. The number of amides is 2. The van der Waals surface area contributed by atoms with E-state index in [1.54, 1.807) is 13.2 Å². The lowest BCUT2D eigenvalue weighted by molar-refractivity contribution is -0.140. The summed E-state index contributed by atoms with van der Waals surface area (Å²) < 4.78 is 12.0. The number of phenolic OH excluding ortho intramolecular Hbond substituents is 1. The Labute approximate surface area is 241 Å². The molecule has 0 radical (unpaired) electrons. The van der Waals surface area contributed by atoms with Crippen LogP contribution in [0.25, 0.3) is 22.4 Å². The summed E-state index contributed by atoms with van der Waals surface area (Å²) >= 11 is 0. The van der Waals surface area contributed by atoms with Gasteiger partial charge in [-0.1, -0.05) is 73.7 Å². The molecule has 1 N–H and O–H groups in total. The summed E-state index contributed by atoms with van der Waals surface area (Å²) in [6.07, 6.45) is 4.94. The van der Waals surface area contributed by atoms with Crippen LogP contribution in [0.1, 0.15) is 43.7 Å². The fourth-order valence-electron chi connectivity index (χ4n) is 7.15. The van der Waals surface area contributed by atoms with Crippen molar-refractivity contribution in [2.24, 2.45) is 17.8 Å². The van der Waals surface area contributed by atoms with E-state index in [2.05, 4.69) is 18.2 Å². The number of benzene rings is 3. The number of nitrogens with zero attached hydrogens (tertiary/aromatic N) is 1. The van der Waals surface area contributed by atoms with Crippen LogP contribution >= 0.6 is 0 Å². The molecular formula is C35H37NO5. The number of ether oxygens (including phenoxy) is 2. The molecule has 212 valence electrons. The van der Waals surface area contributed by atoms with E-state index in [-0.39, 0.29) is 41.4 Å². The average Bonchev–Trinajstić information content (AvgIpc) is 3.52. The molecule has 2 heterocycles. The smallest absolute Gasteiger partial charge is 0.233 e. The van der Waals surface area contributed by atoms with Gasteiger partial charge in [-0.05, 0) is 65.0 Å². The SMILES string of the molecule is CCCN1C(=O)[C@@H]2[C@@H](CC(COC)=C3[C@@H](CC/C(=C/c4ccc(O)c5ccccc45)c4ccccc4)OC[C@@H]32)C1=O. The van der Waals surface area contributed by atoms with Crippen molar-refractivity contribution in [2.45, 2.75) is 38.7 Å². The first kappa shape index (κ1) is 27.4. The summed E-state index contributed by atoms with van der Waals surface area (Å²) in [5.74, 6) is -0.509. The maximum atomic E-state index is 13.4. The monoisotopic (exact) mass is 551 g/mol. The van der Waals surface area contributed by atoms with Gasteiger partial charge in [0.15, 0.2) is 0 Å². The van der Waals surface area contributed by atoms with Crippen molar-refractivity contribution in [2.75, 3.05) is 26.9 Å². The Hall–Kier alpha value is -3.74. The van der Waals surface area contributed by atoms with Crippen molar-refractivity contribution < 1.29 is 24.2 Å². The number of aromatic hydroxyl groups is 1. The second-order valence-corrected chi connectivity index (χ2v) is 11.4. The van der Waals surface area contributed by atoms with E-state index in [9.17, 15) is 14.7 Å². The highest BCUT2D eigenvalue weighted by Crippen LogP contribution is 2.50. The Morgan fingerprint density at radius 1 is 1.00 bits per heavy atom. The molecule has 6 heteroatoms. The summed E-state index contributed by atoms with van der Waals surface area (Å²) in [5, 5.41) is 12.2. The molecule has 41 heavy (non-hydrogen) atoms. The number of allylic oxidation sites excluding steroid dienone is 1. The summed E-state index contributed by atoms with van der Waals surface area (Å²) in [4.78, 5) is 28.1. The van der Waals surface area contributed by atoms with Crippen molar-refractivity contribution in [1.82, 2.24) is 4.90 Å². The molecule has 0 unspecified atom stereocenters. The van der Waals surface area contributed by atoms with Gasteiger partial charge in [0.1, 0.15) is 5.75 Å². The highest BCUT2D eigenvalue weighted by molar-refractivity contribution is 6.06. The third-order valence-electron chi connectivity index (χ3n) is 8.95. The fraction of sp³-hybridized carbons (Fsp3) is 0.371. The number of hydrogen-bond donors (Lipinski definition) is 1. The number of rotatable bonds is 9. The second kappa shape index (κ2) is 11.6. The number of carbonyl (C=O) groups excluding carboxylic acids is 2. The minimum atomic E-state index is -0.331. The quantitative estimate of drug-likeness (QED) is 0.194. The summed E-state index contributed by atoms with van der Waals surface area (Å²) in [7, 11) is 1.68. The van der Waals surface area contributed by atoms with E-state index in [1.807, 2.05) is 55.5 Å². The number of imide groups is 1. The van der Waals surface area contributed by atoms with Crippen LogP contribution < -0.4 is 0 Å². The van der Waals surface area contributed by atoms with Gasteiger partial charge in [0.05, 0.1) is 31.2 Å². The molecule has 2 aliphatic heterocycles. The van der Waals surface area contributed by atoms with Gasteiger partial charge < -0.3 is 14.6 Å². The molecule has 0 saturated carbocycles. The lowest BCUT2D eigenvalue weighted by Gasteiger charge is -2.31. The zero-order chi connectivity index (χ0) is 28.5. The van der Waals surface area contributed by atoms with Crippen molar-refractivity contribution in [1.29, 1.82) is 0 Å². The molecule has 1 aliphatic carbocycles. The molecule has 0 aromatic heterocycles. The standard InChI is InChI=1S/C35H37NO5/c1-3-17-36-34(38)28-19-25(20-40-2)32-29(33(28)35(36)39)21-41-31(32)16-14-23(22-9-5-4-6-10-22)18-24-13-15-30(37)27-12-8-7-11-26(24)27/h4-13,15,18,28-29,31,33,37H,3,14,16-17,19-21H2,1-2H3/b23-18-/t28-,29+,31-,33-/m1/s1. The lowest BCUT2D eigenvalue weighted by Crippen LogP contribution is -2.35. The number of methoxy groups -OCH3 is 1. The summed E-state index contributed by atoms with van der Waals surface area (Å²) in [6, 6.07) is 22.0. The van der Waals surface area contributed by atoms with E-state index in [1.165, 1.54) is 16.0 Å². The van der Waals surface area contributed by atoms with Gasteiger partial charge in [-0.2, -0.15) is 0 Å². The third-order valence-corrected chi connectivity index (χ3v) is 8.95. The average molecular weight is 552 g/mol. The summed E-state index contributed by atoms with van der Waals surface area (Å²) in [5.41, 5.74) is 5.66. The first-order valence-corrected chi connectivity index (χ1v) is 14.7. The Bertz CT molecular complexity index is 1520. The van der Waals surface area contributed by atoms with Crippen LogP contribution in [-0.2, 0) is 19.1 Å². The molecule has 6 nitrogen and oxygen atoms in total. The fourth-order valence-corrected chi connectivity index (χ4v) is 7.15. The molecule has 6 rings (SSSR count). The van der Waals surface area contributed by atoms with E-state index < -0.39 is 0 Å². The Kier molecular flexibility index (Phi) is 7.78. The third kappa shape index (κ3) is 5.00. The van der Waals surface area contributed by atoms with Crippen molar-refractivity contribution >= 4 is 34.2 Å². The van der Waals surface area contributed by atoms with Crippen molar-refractivity contribution in [3.8, 4) is 5.75 Å². The Morgan fingerprint density at radius 3 is 2.51 bits per heavy atom. The minimum Gasteiger partial charge on any atom is -0.507 e. The number of fused-ring (bicyclic) bond motifs is 4. The topological polar surface area (TPSA) is 76.1 Å². The molecule has 0 bridgehead atoms. The van der Waals surface area contributed by atoms with E-state index in [0.29, 0.717) is 26.2 Å². The van der Waals surface area contributed by atoms with E-state index in [0.717, 1.165) is 46.7 Å². The van der Waals surface area contributed by atoms with Gasteiger partial charge in [0.25, 0.3) is 0 Å². The molecule has 3 aromatic carbocycles. The normalized spacial score (nSPS) is 24.3. The predicted octanol–water partition coefficient (Wildman–Crippen LogP) is 6.24. The van der Waals surface area contributed by atoms with Crippen molar-refractivity contribution in [3.63, 3.8) is 0 Å². The maximum absolute atomic E-state index is 13.4. The molecule has 3 aliphatic rings. The first-order chi connectivity index (χ1) is 20.0. The molecular weight excluding hydrogens is 514 g/mol. The lowest BCUT2D eigenvalue weighted by atomic mass is 9.69. The predicted molar refractivity (Wildman–Crippen MR) is 160 cm³/mol. The van der Waals surface area contributed by atoms with Gasteiger partial charge in [-0.15, -0.1) is 0 Å². The number of hydrogen-bond acceptors (Lipinski definition) is 5. The largest absolute Gasteiger partial charge is 0.507 e. The maximum Gasteiger partial charge on any atom is 0.233 e. The van der Waals surface area contributed by atoms with Crippen LogP contribution in [0.15, 0.2) is 77.9 Å². The van der Waals surface area contributed by atoms with Crippen LogP contribution in [-0.4, -0.2) is 54.8 Å². The Morgan fingerprint density at radius 2 is 1.76 bits per heavy atom. The highest BCUT2D eigenvalue weighted by Gasteiger charge is 2.56. The van der Waals surface area contributed by atoms with E-state index >= 15 is 0 Å². The van der Waals surface area contributed by atoms with Gasteiger partial charge in [-0.25, -0.2) is 0 Å². The van der Waals surface area contributed by atoms with Crippen LogP contribution in [0.5, 0.6) is 5.75 Å². The second-order valence-electron chi connectivity index (χ2n) is 11.4. The molecule has 3 aromatic rings. The van der Waals surface area contributed by atoms with E-state index in [4.69, 9.17) is 9.47 Å². The van der Waals surface area contributed by atoms with Gasteiger partial charge >= 0.3 is 0 Å². The minimum absolute atomic E-state index is 0.0332. The zero-order valence-electron chi connectivity index (χ0n) is 23.7. The summed E-state index contributed by atoms with van der Waals surface area (Å²) in [6.45, 7) is 3.38. The molecule has 2 fully saturated rings. The van der Waals surface area contributed by atoms with Crippen LogP contribution in [0.2, 0.25) is 0 Å². The van der Waals surface area contributed by atoms with Crippen LogP contribution in [0, 0.1) is 17.8 Å². The Balaban J connectivity index is 1.32. The molecule has 0 spiro atoms. The van der Waals surface area contributed by atoms with Crippen molar-refractivity contribution in [3.05, 3.63) is 89.0 Å². The van der Waals surface area contributed by atoms with Gasteiger partial charge in [-0.3, -0.25) is 14.5 Å². The first-order valence-electron chi connectivity index (χ1n) is 14.7. The van der Waals surface area contributed by atoms with Crippen LogP contribution in [0.3, 0.4) is 0 Å². The zero-order valence-corrected chi connectivity index (χ0v) is 23.7. The van der Waals surface area contributed by atoms with Gasteiger partial charge in [0, 0.05) is 25.0 Å². The molecule has 2 saturated heterocycles. The molecule has 4 atom stereocenters. The van der Waals surface area contributed by atoms with Gasteiger partial charge in [0.2, 0.25) is 11.8 Å².